The molecule has 2 aromatic rings. The van der Waals surface area contributed by atoms with E-state index in [1.54, 1.807) is 12.1 Å². The van der Waals surface area contributed by atoms with E-state index >= 15 is 0 Å². The maximum Gasteiger partial charge on any atom is 0.229 e. The number of hydrogen-bond donors (Lipinski definition) is 0. The van der Waals surface area contributed by atoms with Crippen molar-refractivity contribution in [3.8, 4) is 0 Å². The first kappa shape index (κ1) is 16.1. The molecule has 0 atom stereocenters. The summed E-state index contributed by atoms with van der Waals surface area (Å²) in [6, 6.07) is 15.1. The third kappa shape index (κ3) is 3.00. The molecule has 3 rings (SSSR count). The first-order valence-corrected chi connectivity index (χ1v) is 8.23. The number of hydrogen-bond acceptors (Lipinski definition) is 4. The van der Waals surface area contributed by atoms with Crippen molar-refractivity contribution in [2.75, 3.05) is 18.0 Å². The molecule has 122 valence electrons. The summed E-state index contributed by atoms with van der Waals surface area (Å²) in [6.07, 6.45) is 0.0631. The Morgan fingerprint density at radius 2 is 1.54 bits per heavy atom. The van der Waals surface area contributed by atoms with E-state index in [1.165, 1.54) is 0 Å². The van der Waals surface area contributed by atoms with Gasteiger partial charge in [-0.2, -0.15) is 0 Å². The Kier molecular flexibility index (Phi) is 4.56. The Bertz CT molecular complexity index is 803. The standard InChI is InChI=1S/C20H20N2O2/c1-3-22(4-2)15-11-9-14(10-12-15)21-18-13-19(23)20(24)17-8-6-5-7-16(17)18/h5-12H,3-4,13H2,1-2H3. The molecule has 0 heterocycles. The van der Waals surface area contributed by atoms with Gasteiger partial charge in [0.25, 0.3) is 0 Å². The number of nitrogens with zero attached hydrogens (tertiary/aromatic N) is 2. The van der Waals surface area contributed by atoms with Crippen LogP contribution >= 0.6 is 0 Å². The Morgan fingerprint density at radius 1 is 0.917 bits per heavy atom. The summed E-state index contributed by atoms with van der Waals surface area (Å²) in [5, 5.41) is 0. The van der Waals surface area contributed by atoms with E-state index in [-0.39, 0.29) is 6.42 Å². The van der Waals surface area contributed by atoms with E-state index in [2.05, 4.69) is 23.7 Å². The lowest BCUT2D eigenvalue weighted by Gasteiger charge is -2.21. The molecule has 24 heavy (non-hydrogen) atoms. The van der Waals surface area contributed by atoms with Gasteiger partial charge in [0, 0.05) is 29.9 Å². The summed E-state index contributed by atoms with van der Waals surface area (Å²) in [5.41, 5.74) is 3.81. The second-order valence-electron chi connectivity index (χ2n) is 5.72. The van der Waals surface area contributed by atoms with Crippen molar-refractivity contribution in [1.29, 1.82) is 0 Å². The van der Waals surface area contributed by atoms with Crippen LogP contribution in [0, 0.1) is 0 Å². The van der Waals surface area contributed by atoms with E-state index in [0.717, 1.165) is 30.0 Å². The molecule has 0 aromatic heterocycles. The van der Waals surface area contributed by atoms with Gasteiger partial charge in [0.1, 0.15) is 0 Å². The lowest BCUT2D eigenvalue weighted by Crippen LogP contribution is -2.27. The van der Waals surface area contributed by atoms with Gasteiger partial charge >= 0.3 is 0 Å². The molecule has 1 aliphatic carbocycles. The van der Waals surface area contributed by atoms with Crippen LogP contribution in [0.15, 0.2) is 53.5 Å². The minimum absolute atomic E-state index is 0.0631. The summed E-state index contributed by atoms with van der Waals surface area (Å²) in [7, 11) is 0. The van der Waals surface area contributed by atoms with Gasteiger partial charge in [-0.15, -0.1) is 0 Å². The maximum absolute atomic E-state index is 12.0. The van der Waals surface area contributed by atoms with Gasteiger partial charge in [0.2, 0.25) is 11.6 Å². The zero-order chi connectivity index (χ0) is 17.1. The molecule has 4 heteroatoms. The van der Waals surface area contributed by atoms with Gasteiger partial charge in [0.15, 0.2) is 0 Å². The smallest absolute Gasteiger partial charge is 0.229 e. The molecule has 0 unspecified atom stereocenters. The molecule has 0 saturated heterocycles. The van der Waals surface area contributed by atoms with Crippen molar-refractivity contribution in [3.05, 3.63) is 59.7 Å². The Hall–Kier alpha value is -2.75. The van der Waals surface area contributed by atoms with Gasteiger partial charge < -0.3 is 4.90 Å². The quantitative estimate of drug-likeness (QED) is 0.805. The molecule has 0 amide bonds. The zero-order valence-electron chi connectivity index (χ0n) is 14.0. The van der Waals surface area contributed by atoms with Crippen molar-refractivity contribution < 1.29 is 9.59 Å². The first-order chi connectivity index (χ1) is 11.6. The van der Waals surface area contributed by atoms with Crippen LogP contribution in [0.1, 0.15) is 36.2 Å². The third-order valence-electron chi connectivity index (χ3n) is 4.31. The van der Waals surface area contributed by atoms with Gasteiger partial charge in [-0.3, -0.25) is 14.6 Å². The molecular weight excluding hydrogens is 300 g/mol. The summed E-state index contributed by atoms with van der Waals surface area (Å²) < 4.78 is 0. The monoisotopic (exact) mass is 320 g/mol. The van der Waals surface area contributed by atoms with E-state index in [0.29, 0.717) is 11.3 Å². The van der Waals surface area contributed by atoms with Gasteiger partial charge in [-0.05, 0) is 38.1 Å². The highest BCUT2D eigenvalue weighted by Gasteiger charge is 2.28. The van der Waals surface area contributed by atoms with Gasteiger partial charge in [-0.1, -0.05) is 24.3 Å². The van der Waals surface area contributed by atoms with E-state index < -0.39 is 11.6 Å². The lowest BCUT2D eigenvalue weighted by atomic mass is 9.88. The number of ketones is 2. The summed E-state index contributed by atoms with van der Waals surface area (Å²) in [6.45, 7) is 6.15. The Morgan fingerprint density at radius 3 is 2.17 bits per heavy atom. The van der Waals surface area contributed by atoms with E-state index in [4.69, 9.17) is 0 Å². The molecule has 0 bridgehead atoms. The topological polar surface area (TPSA) is 49.7 Å². The highest BCUT2D eigenvalue weighted by Crippen LogP contribution is 2.25. The first-order valence-electron chi connectivity index (χ1n) is 8.23. The normalized spacial score (nSPS) is 15.5. The van der Waals surface area contributed by atoms with Crippen LogP contribution < -0.4 is 4.90 Å². The van der Waals surface area contributed by atoms with Crippen molar-refractivity contribution in [1.82, 2.24) is 0 Å². The maximum atomic E-state index is 12.0. The number of carbonyl (C=O) groups excluding carboxylic acids is 2. The Balaban J connectivity index is 1.95. The molecule has 0 saturated carbocycles. The van der Waals surface area contributed by atoms with Crippen LogP contribution in [0.5, 0.6) is 0 Å². The summed E-state index contributed by atoms with van der Waals surface area (Å²) in [5.74, 6) is -0.811. The number of anilines is 1. The zero-order valence-corrected chi connectivity index (χ0v) is 14.0. The van der Waals surface area contributed by atoms with Crippen molar-refractivity contribution >= 4 is 28.7 Å². The lowest BCUT2D eigenvalue weighted by molar-refractivity contribution is -0.114. The predicted molar refractivity (Wildman–Crippen MR) is 96.6 cm³/mol. The van der Waals surface area contributed by atoms with E-state index in [1.807, 2.05) is 36.4 Å². The minimum Gasteiger partial charge on any atom is -0.372 e. The van der Waals surface area contributed by atoms with Crippen LogP contribution in [0.25, 0.3) is 0 Å². The highest BCUT2D eigenvalue weighted by atomic mass is 16.2. The Labute approximate surface area is 141 Å². The molecule has 1 aliphatic rings. The molecule has 0 aliphatic heterocycles. The predicted octanol–water partition coefficient (Wildman–Crippen LogP) is 3.81. The molecule has 2 aromatic carbocycles. The average Bonchev–Trinajstić information content (AvgIpc) is 2.62. The van der Waals surface area contributed by atoms with Gasteiger partial charge in [-0.25, -0.2) is 0 Å². The van der Waals surface area contributed by atoms with Crippen molar-refractivity contribution in [2.24, 2.45) is 4.99 Å². The summed E-state index contributed by atoms with van der Waals surface area (Å²) >= 11 is 0. The second kappa shape index (κ2) is 6.79. The van der Waals surface area contributed by atoms with Crippen LogP contribution in [0.4, 0.5) is 11.4 Å². The second-order valence-corrected chi connectivity index (χ2v) is 5.72. The van der Waals surface area contributed by atoms with Crippen LogP contribution in [0.2, 0.25) is 0 Å². The fraction of sp³-hybridized carbons (Fsp3) is 0.250. The van der Waals surface area contributed by atoms with Crippen molar-refractivity contribution in [3.63, 3.8) is 0 Å². The van der Waals surface area contributed by atoms with Crippen LogP contribution in [-0.4, -0.2) is 30.4 Å². The van der Waals surface area contributed by atoms with Crippen LogP contribution in [0.3, 0.4) is 0 Å². The number of aliphatic imine (C=N–C) groups is 1. The molecule has 0 radical (unpaired) electrons. The molecule has 0 spiro atoms. The fourth-order valence-electron chi connectivity index (χ4n) is 2.99. The molecular formula is C20H20N2O2. The average molecular weight is 320 g/mol. The van der Waals surface area contributed by atoms with Crippen molar-refractivity contribution in [2.45, 2.75) is 20.3 Å². The van der Waals surface area contributed by atoms with E-state index in [9.17, 15) is 9.59 Å². The number of benzene rings is 2. The summed E-state index contributed by atoms with van der Waals surface area (Å²) in [4.78, 5) is 30.8. The SMILES string of the molecule is CCN(CC)c1ccc(N=C2CC(=O)C(=O)c3ccccc32)cc1. The molecule has 4 nitrogen and oxygen atoms in total. The van der Waals surface area contributed by atoms with Gasteiger partial charge in [0.05, 0.1) is 17.8 Å². The number of carbonyl (C=O) groups is 2. The van der Waals surface area contributed by atoms with Crippen LogP contribution in [-0.2, 0) is 4.79 Å². The molecule has 0 N–H and O–H groups in total. The number of rotatable bonds is 4. The molecule has 0 fully saturated rings. The number of Topliss-reactive ketones (excluding diaryl/α,β-unsaturated/α-hetero) is 2. The number of fused-ring (bicyclic) bond motifs is 1. The fourth-order valence-corrected chi connectivity index (χ4v) is 2.99. The largest absolute Gasteiger partial charge is 0.372 e. The minimum atomic E-state index is -0.415. The highest BCUT2D eigenvalue weighted by molar-refractivity contribution is 6.51. The third-order valence-corrected chi connectivity index (χ3v) is 4.31.